The second-order valence-corrected chi connectivity index (χ2v) is 3.35. The highest BCUT2D eigenvalue weighted by molar-refractivity contribution is 6.31. The highest BCUT2D eigenvalue weighted by Crippen LogP contribution is 2.34. The van der Waals surface area contributed by atoms with Crippen LogP contribution in [-0.2, 0) is 6.18 Å². The Morgan fingerprint density at radius 3 is 2.47 bits per heavy atom. The molecule has 0 radical (unpaired) electrons. The summed E-state index contributed by atoms with van der Waals surface area (Å²) in [4.78, 5) is 11.3. The van der Waals surface area contributed by atoms with Gasteiger partial charge in [-0.25, -0.2) is 0 Å². The zero-order valence-electron chi connectivity index (χ0n) is 8.18. The molecular weight excluding hydrogens is 259 g/mol. The number of nitriles is 1. The van der Waals surface area contributed by atoms with Crippen molar-refractivity contribution in [2.75, 3.05) is 5.88 Å². The Bertz CT molecular complexity index is 505. The standard InChI is InChI=1S/C10H5ClF3NO2/c11-3-8(17)9-5(4-15)1-6(2-7(9)16)10(12,13)14/h1-2,16H,3H2. The highest BCUT2D eigenvalue weighted by atomic mass is 35.5. The molecule has 0 saturated carbocycles. The number of alkyl halides is 4. The SMILES string of the molecule is N#Cc1cc(C(F)(F)F)cc(O)c1C(=O)CCl. The molecule has 0 unspecified atom stereocenters. The quantitative estimate of drug-likeness (QED) is 0.659. The third-order valence-electron chi connectivity index (χ3n) is 1.97. The fourth-order valence-corrected chi connectivity index (χ4v) is 1.37. The minimum atomic E-state index is -4.70. The first-order valence-corrected chi connectivity index (χ1v) is 4.78. The van der Waals surface area contributed by atoms with Crippen LogP contribution in [0.5, 0.6) is 5.75 Å². The van der Waals surface area contributed by atoms with Crippen LogP contribution in [0.2, 0.25) is 0 Å². The third-order valence-corrected chi connectivity index (χ3v) is 2.21. The molecule has 1 aromatic carbocycles. The van der Waals surface area contributed by atoms with Gasteiger partial charge >= 0.3 is 6.18 Å². The zero-order valence-corrected chi connectivity index (χ0v) is 8.93. The number of rotatable bonds is 2. The number of hydrogen-bond acceptors (Lipinski definition) is 3. The minimum Gasteiger partial charge on any atom is -0.507 e. The number of aromatic hydroxyl groups is 1. The number of carbonyl (C=O) groups excluding carboxylic acids is 1. The van der Waals surface area contributed by atoms with Crippen LogP contribution in [0.3, 0.4) is 0 Å². The van der Waals surface area contributed by atoms with Gasteiger partial charge in [0.15, 0.2) is 5.78 Å². The Balaban J connectivity index is 3.48. The maximum absolute atomic E-state index is 12.4. The number of Topliss-reactive ketones (excluding diaryl/α,β-unsaturated/α-hetero) is 1. The molecule has 0 atom stereocenters. The van der Waals surface area contributed by atoms with Gasteiger partial charge in [0.25, 0.3) is 0 Å². The van der Waals surface area contributed by atoms with Crippen LogP contribution in [0.1, 0.15) is 21.5 Å². The molecule has 0 saturated heterocycles. The van der Waals surface area contributed by atoms with Gasteiger partial charge in [0.05, 0.1) is 22.6 Å². The Kier molecular flexibility index (Phi) is 3.63. The number of phenolic OH excluding ortho intramolecular Hbond substituents is 1. The first kappa shape index (κ1) is 13.3. The van der Waals surface area contributed by atoms with E-state index in [2.05, 4.69) is 0 Å². The van der Waals surface area contributed by atoms with Crippen LogP contribution in [-0.4, -0.2) is 16.8 Å². The van der Waals surface area contributed by atoms with Gasteiger partial charge < -0.3 is 5.11 Å². The van der Waals surface area contributed by atoms with Gasteiger partial charge in [0, 0.05) is 0 Å². The monoisotopic (exact) mass is 263 g/mol. The highest BCUT2D eigenvalue weighted by Gasteiger charge is 2.33. The van der Waals surface area contributed by atoms with Crippen molar-refractivity contribution < 1.29 is 23.1 Å². The van der Waals surface area contributed by atoms with E-state index in [1.54, 1.807) is 0 Å². The number of nitrogens with zero attached hydrogens (tertiary/aromatic N) is 1. The van der Waals surface area contributed by atoms with Crippen molar-refractivity contribution in [1.82, 2.24) is 0 Å². The van der Waals surface area contributed by atoms with Gasteiger partial charge in [-0.1, -0.05) is 0 Å². The van der Waals surface area contributed by atoms with E-state index in [0.717, 1.165) is 0 Å². The predicted octanol–water partition coefficient (Wildman–Crippen LogP) is 2.70. The van der Waals surface area contributed by atoms with E-state index in [9.17, 15) is 23.1 Å². The summed E-state index contributed by atoms with van der Waals surface area (Å²) in [5, 5.41) is 18.0. The third kappa shape index (κ3) is 2.68. The molecule has 1 aromatic rings. The normalized spacial score (nSPS) is 11.0. The molecular formula is C10H5ClF3NO2. The van der Waals surface area contributed by atoms with E-state index in [1.165, 1.54) is 6.07 Å². The number of benzene rings is 1. The molecule has 0 fully saturated rings. The average Bonchev–Trinajstić information content (AvgIpc) is 2.25. The summed E-state index contributed by atoms with van der Waals surface area (Å²) in [6.07, 6.45) is -4.70. The first-order chi connectivity index (χ1) is 7.81. The van der Waals surface area contributed by atoms with E-state index >= 15 is 0 Å². The minimum absolute atomic E-state index is 0.390. The Morgan fingerprint density at radius 2 is 2.06 bits per heavy atom. The molecule has 0 aromatic heterocycles. The molecule has 0 heterocycles. The molecule has 90 valence electrons. The molecule has 0 spiro atoms. The van der Waals surface area contributed by atoms with Gasteiger partial charge in [-0.05, 0) is 12.1 Å². The summed E-state index contributed by atoms with van der Waals surface area (Å²) >= 11 is 5.22. The van der Waals surface area contributed by atoms with Crippen molar-refractivity contribution in [3.8, 4) is 11.8 Å². The van der Waals surface area contributed by atoms with Gasteiger partial charge in [0.2, 0.25) is 0 Å². The summed E-state index contributed by atoms with van der Waals surface area (Å²) in [5.41, 5.74) is -2.24. The topological polar surface area (TPSA) is 61.1 Å². The van der Waals surface area contributed by atoms with Crippen LogP contribution in [0.25, 0.3) is 0 Å². The number of carbonyl (C=O) groups is 1. The van der Waals surface area contributed by atoms with Gasteiger partial charge in [0.1, 0.15) is 11.8 Å². The summed E-state index contributed by atoms with van der Waals surface area (Å²) < 4.78 is 37.1. The number of phenols is 1. The molecule has 0 aliphatic rings. The Hall–Kier alpha value is -1.74. The fraction of sp³-hybridized carbons (Fsp3) is 0.200. The van der Waals surface area contributed by atoms with Crippen molar-refractivity contribution in [3.05, 3.63) is 28.8 Å². The van der Waals surface area contributed by atoms with Gasteiger partial charge in [-0.15, -0.1) is 11.6 Å². The second-order valence-electron chi connectivity index (χ2n) is 3.08. The second kappa shape index (κ2) is 4.63. The lowest BCUT2D eigenvalue weighted by molar-refractivity contribution is -0.137. The number of hydrogen-bond donors (Lipinski definition) is 1. The van der Waals surface area contributed by atoms with E-state index in [4.69, 9.17) is 16.9 Å². The maximum atomic E-state index is 12.4. The van der Waals surface area contributed by atoms with E-state index in [-0.39, 0.29) is 0 Å². The Labute approximate surface area is 99.0 Å². The molecule has 0 bridgehead atoms. The predicted molar refractivity (Wildman–Crippen MR) is 52.9 cm³/mol. The lowest BCUT2D eigenvalue weighted by Crippen LogP contribution is -2.09. The summed E-state index contributed by atoms with van der Waals surface area (Å²) in [6, 6.07) is 2.31. The first-order valence-electron chi connectivity index (χ1n) is 4.24. The molecule has 1 rings (SSSR count). The number of ketones is 1. The molecule has 0 amide bonds. The molecule has 3 nitrogen and oxygen atoms in total. The lowest BCUT2D eigenvalue weighted by atomic mass is 10.0. The average molecular weight is 264 g/mol. The Morgan fingerprint density at radius 1 is 1.47 bits per heavy atom. The summed E-state index contributed by atoms with van der Waals surface area (Å²) in [7, 11) is 0. The molecule has 0 aliphatic heterocycles. The van der Waals surface area contributed by atoms with Crippen LogP contribution >= 0.6 is 11.6 Å². The van der Waals surface area contributed by atoms with Crippen LogP contribution in [0.15, 0.2) is 12.1 Å². The van der Waals surface area contributed by atoms with Crippen molar-refractivity contribution in [2.24, 2.45) is 0 Å². The molecule has 7 heteroatoms. The van der Waals surface area contributed by atoms with Crippen molar-refractivity contribution >= 4 is 17.4 Å². The van der Waals surface area contributed by atoms with Crippen molar-refractivity contribution in [2.45, 2.75) is 6.18 Å². The molecule has 17 heavy (non-hydrogen) atoms. The van der Waals surface area contributed by atoms with Crippen molar-refractivity contribution in [1.29, 1.82) is 5.26 Å². The van der Waals surface area contributed by atoms with Crippen LogP contribution in [0.4, 0.5) is 13.2 Å². The molecule has 0 aliphatic carbocycles. The summed E-state index contributed by atoms with van der Waals surface area (Å²) in [6.45, 7) is 0. The van der Waals surface area contributed by atoms with Crippen molar-refractivity contribution in [3.63, 3.8) is 0 Å². The number of halogens is 4. The lowest BCUT2D eigenvalue weighted by Gasteiger charge is -2.10. The van der Waals surface area contributed by atoms with Crippen LogP contribution in [0, 0.1) is 11.3 Å². The maximum Gasteiger partial charge on any atom is 0.416 e. The van der Waals surface area contributed by atoms with E-state index in [0.29, 0.717) is 12.1 Å². The van der Waals surface area contributed by atoms with Crippen LogP contribution < -0.4 is 0 Å². The summed E-state index contributed by atoms with van der Waals surface area (Å²) in [5.74, 6) is -2.25. The van der Waals surface area contributed by atoms with Gasteiger partial charge in [-0.3, -0.25) is 4.79 Å². The fourth-order valence-electron chi connectivity index (χ4n) is 1.24. The van der Waals surface area contributed by atoms with E-state index < -0.39 is 40.3 Å². The molecule has 1 N–H and O–H groups in total. The van der Waals surface area contributed by atoms with Gasteiger partial charge in [-0.2, -0.15) is 18.4 Å². The zero-order chi connectivity index (χ0) is 13.2. The van der Waals surface area contributed by atoms with E-state index in [1.807, 2.05) is 0 Å². The largest absolute Gasteiger partial charge is 0.507 e. The smallest absolute Gasteiger partial charge is 0.416 e.